The number of ether oxygens (including phenoxy) is 5. The van der Waals surface area contributed by atoms with Crippen LogP contribution in [-0.2, 0) is 52.5 Å². The molecule has 0 spiro atoms. The molecule has 0 aromatic carbocycles. The van der Waals surface area contributed by atoms with Gasteiger partial charge in [-0.25, -0.2) is 0 Å². The van der Waals surface area contributed by atoms with Crippen molar-refractivity contribution in [2.45, 2.75) is 203 Å². The molecule has 0 N–H and O–H groups in total. The van der Waals surface area contributed by atoms with Crippen LogP contribution in [0.5, 0.6) is 0 Å². The van der Waals surface area contributed by atoms with Crippen LogP contribution in [0.4, 0.5) is 0 Å². The Morgan fingerprint density at radius 3 is 1.69 bits per heavy atom. The van der Waals surface area contributed by atoms with E-state index in [1.807, 2.05) is 6.92 Å². The normalized spacial score (nSPS) is 19.7. The number of esters is 5. The Bertz CT molecular complexity index is 1290. The van der Waals surface area contributed by atoms with Gasteiger partial charge in [0.15, 0.2) is 0 Å². The largest absolute Gasteiger partial charge is 0.465 e. The lowest BCUT2D eigenvalue weighted by atomic mass is 9.81. The van der Waals surface area contributed by atoms with E-state index in [1.165, 1.54) is 32.6 Å². The average Bonchev–Trinajstić information content (AvgIpc) is 3.60. The summed E-state index contributed by atoms with van der Waals surface area (Å²) in [5.74, 6) is -3.31. The van der Waals surface area contributed by atoms with Gasteiger partial charge in [-0.15, -0.1) is 0 Å². The van der Waals surface area contributed by atoms with Gasteiger partial charge in [-0.3, -0.25) is 28.8 Å². The Morgan fingerprint density at radius 1 is 0.627 bits per heavy atom. The third-order valence-electron chi connectivity index (χ3n) is 13.1. The van der Waals surface area contributed by atoms with Crippen molar-refractivity contribution in [1.29, 1.82) is 0 Å². The summed E-state index contributed by atoms with van der Waals surface area (Å²) in [5.41, 5.74) is -0.866. The fourth-order valence-electron chi connectivity index (χ4n) is 8.94. The first-order valence-electron chi connectivity index (χ1n) is 23.4. The van der Waals surface area contributed by atoms with Gasteiger partial charge in [-0.2, -0.15) is 0 Å². The van der Waals surface area contributed by atoms with Crippen molar-refractivity contribution in [3.63, 3.8) is 0 Å². The van der Waals surface area contributed by atoms with Crippen LogP contribution >= 0.6 is 0 Å². The highest BCUT2D eigenvalue weighted by molar-refractivity contribution is 5.94. The number of fused-ring (bicyclic) bond motifs is 2. The van der Waals surface area contributed by atoms with E-state index in [-0.39, 0.29) is 61.3 Å². The Hall–Kier alpha value is -2.98. The molecule has 2 fully saturated rings. The summed E-state index contributed by atoms with van der Waals surface area (Å²) in [7, 11) is 0. The Labute approximate surface area is 356 Å². The first-order chi connectivity index (χ1) is 28.1. The van der Waals surface area contributed by atoms with E-state index >= 15 is 0 Å². The Morgan fingerprint density at radius 2 is 1.17 bits per heavy atom. The minimum Gasteiger partial charge on any atom is -0.465 e. The lowest BCUT2D eigenvalue weighted by molar-refractivity contribution is -0.162. The summed E-state index contributed by atoms with van der Waals surface area (Å²) < 4.78 is 28.3. The predicted octanol–water partition coefficient (Wildman–Crippen LogP) is 10.5. The first kappa shape index (κ1) is 52.2. The van der Waals surface area contributed by atoms with Crippen LogP contribution in [0, 0.1) is 40.4 Å². The predicted molar refractivity (Wildman–Crippen MR) is 228 cm³/mol. The number of hydrogen-bond donors (Lipinski definition) is 0. The molecule has 2 aliphatic carbocycles. The van der Waals surface area contributed by atoms with E-state index in [0.717, 1.165) is 70.6 Å². The third kappa shape index (κ3) is 19.1. The van der Waals surface area contributed by atoms with E-state index < -0.39 is 35.1 Å². The summed E-state index contributed by atoms with van der Waals surface area (Å²) in [4.78, 5) is 77.3. The van der Waals surface area contributed by atoms with Gasteiger partial charge in [0, 0.05) is 5.92 Å². The molecule has 0 heterocycles. The van der Waals surface area contributed by atoms with Crippen molar-refractivity contribution in [2.24, 2.45) is 40.4 Å². The van der Waals surface area contributed by atoms with Crippen LogP contribution in [0.3, 0.4) is 0 Å². The minimum atomic E-state index is -0.973. The topological polar surface area (TPSA) is 149 Å². The zero-order chi connectivity index (χ0) is 43.8. The highest BCUT2D eigenvalue weighted by atomic mass is 16.6. The highest BCUT2D eigenvalue weighted by Gasteiger charge is 2.55. The van der Waals surface area contributed by atoms with Crippen molar-refractivity contribution in [3.05, 3.63) is 0 Å². The first-order valence-corrected chi connectivity index (χ1v) is 23.4. The van der Waals surface area contributed by atoms with Gasteiger partial charge < -0.3 is 23.7 Å². The van der Waals surface area contributed by atoms with Gasteiger partial charge in [0.25, 0.3) is 0 Å². The molecule has 0 radical (unpaired) electrons. The summed E-state index contributed by atoms with van der Waals surface area (Å²) >= 11 is 0. The fourth-order valence-corrected chi connectivity index (χ4v) is 8.94. The molecule has 11 heteroatoms. The van der Waals surface area contributed by atoms with Gasteiger partial charge in [-0.05, 0) is 103 Å². The van der Waals surface area contributed by atoms with Crippen molar-refractivity contribution >= 4 is 35.6 Å². The van der Waals surface area contributed by atoms with Crippen molar-refractivity contribution in [3.8, 4) is 0 Å². The van der Waals surface area contributed by atoms with E-state index in [0.29, 0.717) is 57.2 Å². The summed E-state index contributed by atoms with van der Waals surface area (Å²) in [5, 5.41) is 0. The lowest BCUT2D eigenvalue weighted by Crippen LogP contribution is -2.33. The molecule has 6 atom stereocenters. The van der Waals surface area contributed by atoms with Crippen LogP contribution in [-0.4, -0.2) is 68.2 Å². The molecule has 11 nitrogen and oxygen atoms in total. The Kier molecular flexibility index (Phi) is 24.6. The van der Waals surface area contributed by atoms with Gasteiger partial charge in [0.2, 0.25) is 0 Å². The molecule has 2 bridgehead atoms. The van der Waals surface area contributed by atoms with Crippen molar-refractivity contribution < 1.29 is 52.5 Å². The van der Waals surface area contributed by atoms with E-state index in [4.69, 9.17) is 23.7 Å². The van der Waals surface area contributed by atoms with E-state index in [2.05, 4.69) is 27.7 Å². The second kappa shape index (κ2) is 27.8. The molecule has 0 aliphatic heterocycles. The number of carbonyl (C=O) groups is 6. The fraction of sp³-hybridized carbons (Fsp3) is 0.875. The van der Waals surface area contributed by atoms with Crippen LogP contribution in [0.25, 0.3) is 0 Å². The number of Topliss-reactive ketones (excluding diaryl/α,β-unsaturated/α-hetero) is 1. The maximum absolute atomic E-state index is 14.1. The van der Waals surface area contributed by atoms with Crippen molar-refractivity contribution in [2.75, 3.05) is 26.4 Å². The summed E-state index contributed by atoms with van der Waals surface area (Å²) in [6.07, 6.45) is 17.5. The zero-order valence-corrected chi connectivity index (χ0v) is 38.3. The molecule has 2 rings (SSSR count). The van der Waals surface area contributed by atoms with Gasteiger partial charge in [-0.1, -0.05) is 98.8 Å². The lowest BCUT2D eigenvalue weighted by Gasteiger charge is -2.29. The molecular formula is C48H82O11. The molecule has 0 amide bonds. The summed E-state index contributed by atoms with van der Waals surface area (Å²) in [6, 6.07) is 0. The third-order valence-corrected chi connectivity index (χ3v) is 13.1. The number of rotatable bonds is 33. The average molecular weight is 835 g/mol. The maximum Gasteiger partial charge on any atom is 0.313 e. The van der Waals surface area contributed by atoms with E-state index in [9.17, 15) is 28.8 Å². The van der Waals surface area contributed by atoms with Gasteiger partial charge in [0.05, 0.1) is 36.4 Å². The molecule has 0 aromatic rings. The summed E-state index contributed by atoms with van der Waals surface area (Å²) in [6.45, 7) is 16.0. The van der Waals surface area contributed by atoms with E-state index in [1.54, 1.807) is 13.8 Å². The molecule has 0 saturated heterocycles. The smallest absolute Gasteiger partial charge is 0.313 e. The minimum absolute atomic E-state index is 0.107. The molecule has 340 valence electrons. The standard InChI is InChI=1S/C48H82O11/c1-9-12-14-16-18-20-28-56-43(51)36(11-3)33-38(44(52)57-29-21-19-17-15-13-10-2)23-22-37(45(53)59-41-34-39-24-25-40(41)48(39,7)8)26-27-47(5,6)46(54)58-31-30-55-42(50)32-35(4)49/h36-41H,9-34H2,1-8H3. The van der Waals surface area contributed by atoms with Gasteiger partial charge >= 0.3 is 29.8 Å². The van der Waals surface area contributed by atoms with Crippen LogP contribution in [0.1, 0.15) is 197 Å². The number of unbranched alkanes of at least 4 members (excludes halogenated alkanes) is 10. The second-order valence-electron chi connectivity index (χ2n) is 18.8. The molecule has 0 aromatic heterocycles. The molecule has 2 aliphatic rings. The number of ketones is 1. The number of hydrogen-bond acceptors (Lipinski definition) is 11. The monoisotopic (exact) mass is 835 g/mol. The zero-order valence-electron chi connectivity index (χ0n) is 38.3. The molecule has 2 saturated carbocycles. The van der Waals surface area contributed by atoms with Crippen LogP contribution < -0.4 is 0 Å². The molecule has 6 unspecified atom stereocenters. The SMILES string of the molecule is CCCCCCCCOC(=O)C(CC)CC(CCC(CCC(C)(C)C(=O)OCCOC(=O)CC(C)=O)C(=O)OC1CC2CCC1C2(C)C)C(=O)OCCCCCCCC. The Balaban J connectivity index is 2.17. The molecule has 59 heavy (non-hydrogen) atoms. The maximum atomic E-state index is 14.1. The second-order valence-corrected chi connectivity index (χ2v) is 18.8. The molecular weight excluding hydrogens is 753 g/mol. The van der Waals surface area contributed by atoms with Crippen LogP contribution in [0.15, 0.2) is 0 Å². The quantitative estimate of drug-likeness (QED) is 0.0269. The van der Waals surface area contributed by atoms with Crippen molar-refractivity contribution in [1.82, 2.24) is 0 Å². The number of carbonyl (C=O) groups excluding carboxylic acids is 6. The van der Waals surface area contributed by atoms with Gasteiger partial charge in [0.1, 0.15) is 31.5 Å². The van der Waals surface area contributed by atoms with Crippen LogP contribution in [0.2, 0.25) is 0 Å². The highest BCUT2D eigenvalue weighted by Crippen LogP contribution is 2.58.